The maximum Gasteiger partial charge on any atom is 0.269 e. The number of non-ortho nitro benzene ring substituents is 1. The zero-order valence-corrected chi connectivity index (χ0v) is 13.8. The number of piperazine rings is 1. The Bertz CT molecular complexity index is 751. The van der Waals surface area contributed by atoms with Crippen LogP contribution in [-0.4, -0.2) is 40.3 Å². The molecule has 1 atom stereocenters. The highest BCUT2D eigenvalue weighted by atomic mass is 16.6. The number of carbonyl (C=O) groups is 1. The number of nitrogens with zero attached hydrogens (tertiary/aromatic N) is 3. The van der Waals surface area contributed by atoms with E-state index in [1.54, 1.807) is 18.5 Å². The Morgan fingerprint density at radius 1 is 1.36 bits per heavy atom. The molecule has 130 valence electrons. The van der Waals surface area contributed by atoms with Crippen LogP contribution in [0.2, 0.25) is 0 Å². The molecule has 0 bridgehead atoms. The lowest BCUT2D eigenvalue weighted by atomic mass is 10.0. The van der Waals surface area contributed by atoms with Gasteiger partial charge in [-0.05, 0) is 23.6 Å². The molecule has 3 rings (SSSR count). The number of hydrogen-bond donors (Lipinski definition) is 1. The number of benzene rings is 1. The number of nitro benzene ring substituents is 1. The van der Waals surface area contributed by atoms with Gasteiger partial charge in [-0.3, -0.25) is 19.9 Å². The second-order valence-electron chi connectivity index (χ2n) is 6.02. The second kappa shape index (κ2) is 7.85. The van der Waals surface area contributed by atoms with Gasteiger partial charge in [0, 0.05) is 50.6 Å². The van der Waals surface area contributed by atoms with E-state index >= 15 is 0 Å². The number of amides is 1. The van der Waals surface area contributed by atoms with Gasteiger partial charge in [-0.15, -0.1) is 0 Å². The van der Waals surface area contributed by atoms with Gasteiger partial charge in [0.2, 0.25) is 5.91 Å². The lowest BCUT2D eigenvalue weighted by Gasteiger charge is -2.36. The van der Waals surface area contributed by atoms with E-state index in [1.807, 2.05) is 23.1 Å². The first kappa shape index (κ1) is 17.0. The number of hydrogen-bond acceptors (Lipinski definition) is 5. The van der Waals surface area contributed by atoms with Crippen molar-refractivity contribution >= 4 is 11.6 Å². The molecular weight excluding hydrogens is 320 g/mol. The van der Waals surface area contributed by atoms with Gasteiger partial charge < -0.3 is 10.2 Å². The highest BCUT2D eigenvalue weighted by Gasteiger charge is 2.27. The van der Waals surface area contributed by atoms with Crippen molar-refractivity contribution in [3.05, 3.63) is 70.0 Å². The lowest BCUT2D eigenvalue weighted by Crippen LogP contribution is -2.48. The number of carbonyl (C=O) groups excluding carboxylic acids is 1. The average molecular weight is 340 g/mol. The van der Waals surface area contributed by atoms with Crippen molar-refractivity contribution in [2.45, 2.75) is 18.9 Å². The van der Waals surface area contributed by atoms with Gasteiger partial charge >= 0.3 is 0 Å². The number of aryl methyl sites for hydroxylation is 1. The van der Waals surface area contributed by atoms with E-state index in [1.165, 1.54) is 12.1 Å². The predicted octanol–water partition coefficient (Wildman–Crippen LogP) is 2.10. The van der Waals surface area contributed by atoms with Crippen molar-refractivity contribution in [2.75, 3.05) is 19.6 Å². The van der Waals surface area contributed by atoms with Gasteiger partial charge in [-0.1, -0.05) is 18.2 Å². The Morgan fingerprint density at radius 2 is 2.24 bits per heavy atom. The Kier molecular flexibility index (Phi) is 5.35. The van der Waals surface area contributed by atoms with E-state index < -0.39 is 4.92 Å². The molecule has 1 aliphatic rings. The molecule has 2 heterocycles. The van der Waals surface area contributed by atoms with E-state index in [9.17, 15) is 14.9 Å². The summed E-state index contributed by atoms with van der Waals surface area (Å²) in [7, 11) is 0. The molecule has 0 radical (unpaired) electrons. The van der Waals surface area contributed by atoms with Crippen LogP contribution < -0.4 is 5.32 Å². The molecule has 1 unspecified atom stereocenters. The fraction of sp³-hybridized carbons (Fsp3) is 0.333. The molecule has 25 heavy (non-hydrogen) atoms. The summed E-state index contributed by atoms with van der Waals surface area (Å²) < 4.78 is 0. The summed E-state index contributed by atoms with van der Waals surface area (Å²) in [4.78, 5) is 29.2. The fourth-order valence-electron chi connectivity index (χ4n) is 3.09. The Hall–Kier alpha value is -2.80. The molecule has 1 aliphatic heterocycles. The number of nitrogens with one attached hydrogen (secondary N) is 1. The molecule has 1 saturated heterocycles. The van der Waals surface area contributed by atoms with Crippen molar-refractivity contribution < 1.29 is 9.72 Å². The minimum absolute atomic E-state index is 0.0277. The van der Waals surface area contributed by atoms with Gasteiger partial charge in [0.1, 0.15) is 0 Å². The average Bonchev–Trinajstić information content (AvgIpc) is 2.67. The summed E-state index contributed by atoms with van der Waals surface area (Å²) in [6.45, 7) is 2.11. The minimum atomic E-state index is -0.417. The Balaban J connectivity index is 1.67. The molecular formula is C18H20N4O3. The quantitative estimate of drug-likeness (QED) is 0.665. The minimum Gasteiger partial charge on any atom is -0.333 e. The summed E-state index contributed by atoms with van der Waals surface area (Å²) in [6, 6.07) is 10.3. The van der Waals surface area contributed by atoms with Crippen LogP contribution in [0, 0.1) is 10.1 Å². The van der Waals surface area contributed by atoms with Crippen molar-refractivity contribution in [1.82, 2.24) is 15.2 Å². The van der Waals surface area contributed by atoms with E-state index in [4.69, 9.17) is 0 Å². The molecule has 7 nitrogen and oxygen atoms in total. The predicted molar refractivity (Wildman–Crippen MR) is 93.0 cm³/mol. The smallest absolute Gasteiger partial charge is 0.269 e. The molecule has 0 spiro atoms. The first-order chi connectivity index (χ1) is 12.1. The standard InChI is InChI=1S/C18H20N4O3/c23-18(7-6-14-3-1-5-16(11-14)22(24)25)21-10-9-20-13-17(21)15-4-2-8-19-12-15/h1-5,8,11-12,17,20H,6-7,9-10,13H2. The summed E-state index contributed by atoms with van der Waals surface area (Å²) >= 11 is 0. The Morgan fingerprint density at radius 3 is 3.00 bits per heavy atom. The van der Waals surface area contributed by atoms with Gasteiger partial charge in [-0.25, -0.2) is 0 Å². The SMILES string of the molecule is O=C(CCc1cccc([N+](=O)[O-])c1)N1CCNCC1c1cccnc1. The normalized spacial score (nSPS) is 17.3. The zero-order chi connectivity index (χ0) is 17.6. The monoisotopic (exact) mass is 340 g/mol. The molecule has 0 saturated carbocycles. The summed E-state index contributed by atoms with van der Waals surface area (Å²) in [5.74, 6) is 0.0573. The molecule has 1 fully saturated rings. The van der Waals surface area contributed by atoms with E-state index in [-0.39, 0.29) is 17.6 Å². The topological polar surface area (TPSA) is 88.4 Å². The number of aromatic nitrogens is 1. The van der Waals surface area contributed by atoms with Crippen LogP contribution in [0.4, 0.5) is 5.69 Å². The van der Waals surface area contributed by atoms with Gasteiger partial charge in [0.15, 0.2) is 0 Å². The largest absolute Gasteiger partial charge is 0.333 e. The van der Waals surface area contributed by atoms with Crippen LogP contribution in [0.5, 0.6) is 0 Å². The van der Waals surface area contributed by atoms with E-state index in [0.29, 0.717) is 25.9 Å². The van der Waals surface area contributed by atoms with Crippen LogP contribution in [0.15, 0.2) is 48.8 Å². The van der Waals surface area contributed by atoms with Crippen molar-refractivity contribution in [3.8, 4) is 0 Å². The molecule has 1 aromatic carbocycles. The maximum absolute atomic E-state index is 12.7. The fourth-order valence-corrected chi connectivity index (χ4v) is 3.09. The van der Waals surface area contributed by atoms with Crippen LogP contribution in [-0.2, 0) is 11.2 Å². The van der Waals surface area contributed by atoms with Crippen LogP contribution in [0.25, 0.3) is 0 Å². The van der Waals surface area contributed by atoms with Gasteiger partial charge in [0.25, 0.3) is 5.69 Å². The number of pyridine rings is 1. The van der Waals surface area contributed by atoms with Crippen LogP contribution in [0.3, 0.4) is 0 Å². The van der Waals surface area contributed by atoms with Crippen molar-refractivity contribution in [3.63, 3.8) is 0 Å². The lowest BCUT2D eigenvalue weighted by molar-refractivity contribution is -0.384. The molecule has 1 N–H and O–H groups in total. The third-order valence-corrected chi connectivity index (χ3v) is 4.38. The summed E-state index contributed by atoms with van der Waals surface area (Å²) in [6.07, 6.45) is 4.33. The molecule has 2 aromatic rings. The van der Waals surface area contributed by atoms with Crippen molar-refractivity contribution in [2.24, 2.45) is 0 Å². The Labute approximate surface area is 145 Å². The van der Waals surface area contributed by atoms with Gasteiger partial charge in [0.05, 0.1) is 11.0 Å². The number of rotatable bonds is 5. The van der Waals surface area contributed by atoms with E-state index in [0.717, 1.165) is 17.7 Å². The van der Waals surface area contributed by atoms with Crippen LogP contribution >= 0.6 is 0 Å². The zero-order valence-electron chi connectivity index (χ0n) is 13.8. The maximum atomic E-state index is 12.7. The highest BCUT2D eigenvalue weighted by molar-refractivity contribution is 5.77. The second-order valence-corrected chi connectivity index (χ2v) is 6.02. The third kappa shape index (κ3) is 4.19. The first-order valence-electron chi connectivity index (χ1n) is 8.28. The molecule has 7 heteroatoms. The first-order valence-corrected chi connectivity index (χ1v) is 8.28. The summed E-state index contributed by atoms with van der Waals surface area (Å²) in [5.41, 5.74) is 1.87. The number of nitro groups is 1. The third-order valence-electron chi connectivity index (χ3n) is 4.38. The van der Waals surface area contributed by atoms with E-state index in [2.05, 4.69) is 10.3 Å². The molecule has 1 aromatic heterocycles. The van der Waals surface area contributed by atoms with Crippen LogP contribution in [0.1, 0.15) is 23.6 Å². The highest BCUT2D eigenvalue weighted by Crippen LogP contribution is 2.23. The molecule has 0 aliphatic carbocycles. The summed E-state index contributed by atoms with van der Waals surface area (Å²) in [5, 5.41) is 14.2. The van der Waals surface area contributed by atoms with Gasteiger partial charge in [-0.2, -0.15) is 0 Å². The van der Waals surface area contributed by atoms with Crippen molar-refractivity contribution in [1.29, 1.82) is 0 Å². The molecule has 1 amide bonds.